The monoisotopic (exact) mass is 284 g/mol. The number of anilines is 1. The summed E-state index contributed by atoms with van der Waals surface area (Å²) in [5, 5.41) is 22.4. The first kappa shape index (κ1) is 15.9. The number of carbonyl (C=O) groups is 1. The molecule has 110 valence electrons. The average molecular weight is 284 g/mol. The van der Waals surface area contributed by atoms with Gasteiger partial charge in [-0.3, -0.25) is 10.1 Å². The van der Waals surface area contributed by atoms with E-state index in [1.165, 1.54) is 0 Å². The lowest BCUT2D eigenvalue weighted by Gasteiger charge is -2.09. The van der Waals surface area contributed by atoms with Crippen LogP contribution in [0.4, 0.5) is 15.8 Å². The van der Waals surface area contributed by atoms with Gasteiger partial charge in [0.2, 0.25) is 0 Å². The summed E-state index contributed by atoms with van der Waals surface area (Å²) in [6.07, 6.45) is 1.73. The van der Waals surface area contributed by atoms with Gasteiger partial charge in [-0.1, -0.05) is 13.8 Å². The van der Waals surface area contributed by atoms with Gasteiger partial charge in [-0.15, -0.1) is 0 Å². The molecular formula is C13H17FN2O4. The van der Waals surface area contributed by atoms with Crippen molar-refractivity contribution in [3.05, 3.63) is 33.6 Å². The van der Waals surface area contributed by atoms with Crippen molar-refractivity contribution in [3.63, 3.8) is 0 Å². The van der Waals surface area contributed by atoms with Crippen LogP contribution in [0.25, 0.3) is 0 Å². The summed E-state index contributed by atoms with van der Waals surface area (Å²) >= 11 is 0. The van der Waals surface area contributed by atoms with Crippen LogP contribution in [-0.2, 0) is 0 Å². The molecule has 0 bridgehead atoms. The molecule has 0 saturated heterocycles. The third-order valence-corrected chi connectivity index (χ3v) is 2.79. The topological polar surface area (TPSA) is 92.5 Å². The van der Waals surface area contributed by atoms with Crippen molar-refractivity contribution in [1.29, 1.82) is 0 Å². The van der Waals surface area contributed by atoms with Crippen molar-refractivity contribution in [3.8, 4) is 0 Å². The van der Waals surface area contributed by atoms with Gasteiger partial charge >= 0.3 is 5.97 Å². The Morgan fingerprint density at radius 1 is 1.50 bits per heavy atom. The van der Waals surface area contributed by atoms with Crippen molar-refractivity contribution in [2.75, 3.05) is 11.9 Å². The second-order valence-electron chi connectivity index (χ2n) is 4.87. The van der Waals surface area contributed by atoms with Gasteiger partial charge in [0.05, 0.1) is 4.92 Å². The van der Waals surface area contributed by atoms with Crippen molar-refractivity contribution < 1.29 is 19.2 Å². The number of aromatic carboxylic acids is 1. The second-order valence-corrected chi connectivity index (χ2v) is 4.87. The fourth-order valence-corrected chi connectivity index (χ4v) is 1.75. The van der Waals surface area contributed by atoms with Crippen LogP contribution in [0, 0.1) is 21.8 Å². The lowest BCUT2D eigenvalue weighted by Crippen LogP contribution is -2.08. The minimum absolute atomic E-state index is 0.00116. The molecule has 6 nitrogen and oxygen atoms in total. The van der Waals surface area contributed by atoms with Crippen LogP contribution < -0.4 is 5.32 Å². The number of nitro groups is 1. The Kier molecular flexibility index (Phi) is 5.42. The Bertz CT molecular complexity index is 517. The predicted octanol–water partition coefficient (Wildman–Crippen LogP) is 3.28. The van der Waals surface area contributed by atoms with E-state index in [4.69, 9.17) is 5.11 Å². The van der Waals surface area contributed by atoms with Gasteiger partial charge in [0, 0.05) is 18.7 Å². The quantitative estimate of drug-likeness (QED) is 0.455. The van der Waals surface area contributed by atoms with Crippen LogP contribution in [0.1, 0.15) is 37.0 Å². The molecular weight excluding hydrogens is 267 g/mol. The third kappa shape index (κ3) is 4.18. The molecule has 0 aliphatic heterocycles. The highest BCUT2D eigenvalue weighted by atomic mass is 19.1. The van der Waals surface area contributed by atoms with E-state index < -0.39 is 28.0 Å². The smallest absolute Gasteiger partial charge is 0.338 e. The maximum absolute atomic E-state index is 13.5. The highest BCUT2D eigenvalue weighted by Gasteiger charge is 2.21. The summed E-state index contributed by atoms with van der Waals surface area (Å²) in [6.45, 7) is 4.58. The van der Waals surface area contributed by atoms with Gasteiger partial charge in [-0.2, -0.15) is 0 Å². The second kappa shape index (κ2) is 6.83. The maximum Gasteiger partial charge on any atom is 0.338 e. The number of carboxylic acid groups (broad SMARTS) is 1. The van der Waals surface area contributed by atoms with E-state index >= 15 is 0 Å². The maximum atomic E-state index is 13.5. The standard InChI is InChI=1S/C13H17FN2O4/c1-8(2)4-3-5-15-11-7-10(14)9(13(17)18)6-12(11)16(19)20/h6-8,15H,3-5H2,1-2H3,(H,17,18). The summed E-state index contributed by atoms with van der Waals surface area (Å²) < 4.78 is 13.5. The van der Waals surface area contributed by atoms with Crippen LogP contribution in [0.5, 0.6) is 0 Å². The number of hydrogen-bond donors (Lipinski definition) is 2. The molecule has 0 fully saturated rings. The number of nitrogens with one attached hydrogen (secondary N) is 1. The number of rotatable bonds is 7. The fraction of sp³-hybridized carbons (Fsp3) is 0.462. The van der Waals surface area contributed by atoms with Gasteiger partial charge in [-0.25, -0.2) is 9.18 Å². The van der Waals surface area contributed by atoms with E-state index in [1.807, 2.05) is 0 Å². The third-order valence-electron chi connectivity index (χ3n) is 2.79. The summed E-state index contributed by atoms with van der Waals surface area (Å²) in [7, 11) is 0. The molecule has 0 spiro atoms. The normalized spacial score (nSPS) is 10.6. The van der Waals surface area contributed by atoms with E-state index in [0.717, 1.165) is 25.0 Å². The van der Waals surface area contributed by atoms with Crippen LogP contribution in [0.15, 0.2) is 12.1 Å². The van der Waals surface area contributed by atoms with E-state index in [9.17, 15) is 19.3 Å². The Balaban J connectivity index is 2.92. The Labute approximate surface area is 115 Å². The molecule has 0 amide bonds. The van der Waals surface area contributed by atoms with Gasteiger partial charge in [0.25, 0.3) is 5.69 Å². The van der Waals surface area contributed by atoms with E-state index in [-0.39, 0.29) is 5.69 Å². The van der Waals surface area contributed by atoms with Crippen LogP contribution in [0.2, 0.25) is 0 Å². The van der Waals surface area contributed by atoms with E-state index in [1.54, 1.807) is 0 Å². The van der Waals surface area contributed by atoms with Gasteiger partial charge in [0.1, 0.15) is 17.1 Å². The molecule has 2 N–H and O–H groups in total. The molecule has 0 aliphatic rings. The number of hydrogen-bond acceptors (Lipinski definition) is 4. The SMILES string of the molecule is CC(C)CCCNc1cc(F)c(C(=O)O)cc1[N+](=O)[O-]. The molecule has 0 radical (unpaired) electrons. The van der Waals surface area contributed by atoms with Gasteiger partial charge < -0.3 is 10.4 Å². The van der Waals surface area contributed by atoms with Crippen molar-refractivity contribution in [2.45, 2.75) is 26.7 Å². The predicted molar refractivity (Wildman–Crippen MR) is 72.6 cm³/mol. The Hall–Kier alpha value is -2.18. The van der Waals surface area contributed by atoms with Crippen LogP contribution in [-0.4, -0.2) is 22.5 Å². The largest absolute Gasteiger partial charge is 0.478 e. The molecule has 1 aromatic rings. The lowest BCUT2D eigenvalue weighted by molar-refractivity contribution is -0.384. The van der Waals surface area contributed by atoms with Gasteiger partial charge in [-0.05, 0) is 18.8 Å². The molecule has 0 heterocycles. The summed E-state index contributed by atoms with van der Waals surface area (Å²) in [5.41, 5.74) is -1.14. The van der Waals surface area contributed by atoms with Crippen molar-refractivity contribution in [2.24, 2.45) is 5.92 Å². The highest BCUT2D eigenvalue weighted by molar-refractivity contribution is 5.90. The molecule has 0 aromatic heterocycles. The summed E-state index contributed by atoms with van der Waals surface area (Å²) in [6, 6.07) is 1.60. The number of benzene rings is 1. The first-order valence-electron chi connectivity index (χ1n) is 6.28. The number of carboxylic acids is 1. The van der Waals surface area contributed by atoms with Crippen molar-refractivity contribution >= 4 is 17.3 Å². The Morgan fingerprint density at radius 2 is 2.15 bits per heavy atom. The summed E-state index contributed by atoms with van der Waals surface area (Å²) in [5.74, 6) is -2.01. The molecule has 0 saturated carbocycles. The van der Waals surface area contributed by atoms with E-state index in [0.29, 0.717) is 12.5 Å². The zero-order valence-electron chi connectivity index (χ0n) is 11.4. The molecule has 0 atom stereocenters. The number of halogens is 1. The van der Waals surface area contributed by atoms with Crippen molar-refractivity contribution in [1.82, 2.24) is 0 Å². The molecule has 20 heavy (non-hydrogen) atoms. The Morgan fingerprint density at radius 3 is 2.65 bits per heavy atom. The number of nitrogens with zero attached hydrogens (tertiary/aromatic N) is 1. The number of nitro benzene ring substituents is 1. The minimum atomic E-state index is -1.53. The first-order chi connectivity index (χ1) is 9.32. The molecule has 1 aromatic carbocycles. The molecule has 1 rings (SSSR count). The highest BCUT2D eigenvalue weighted by Crippen LogP contribution is 2.28. The zero-order chi connectivity index (χ0) is 15.3. The van der Waals surface area contributed by atoms with Crippen LogP contribution in [0.3, 0.4) is 0 Å². The van der Waals surface area contributed by atoms with Crippen LogP contribution >= 0.6 is 0 Å². The summed E-state index contributed by atoms with van der Waals surface area (Å²) in [4.78, 5) is 20.9. The molecule has 0 aliphatic carbocycles. The zero-order valence-corrected chi connectivity index (χ0v) is 11.4. The van der Waals surface area contributed by atoms with E-state index in [2.05, 4.69) is 19.2 Å². The fourth-order valence-electron chi connectivity index (χ4n) is 1.75. The molecule has 0 unspecified atom stereocenters. The minimum Gasteiger partial charge on any atom is -0.478 e. The lowest BCUT2D eigenvalue weighted by atomic mass is 10.1. The molecule has 7 heteroatoms. The van der Waals surface area contributed by atoms with Gasteiger partial charge in [0.15, 0.2) is 0 Å². The average Bonchev–Trinajstić information content (AvgIpc) is 2.33. The first-order valence-corrected chi connectivity index (χ1v) is 6.28.